The van der Waals surface area contributed by atoms with Gasteiger partial charge in [-0.3, -0.25) is 9.48 Å². The van der Waals surface area contributed by atoms with Crippen LogP contribution in [0.3, 0.4) is 0 Å². The number of alkyl halides is 3. The highest BCUT2D eigenvalue weighted by molar-refractivity contribution is 6.03. The van der Waals surface area contributed by atoms with Gasteiger partial charge in [0, 0.05) is 18.2 Å². The molecule has 1 N–H and O–H groups in total. The molecule has 170 valence electrons. The lowest BCUT2D eigenvalue weighted by Gasteiger charge is -2.33. The Morgan fingerprint density at radius 2 is 2.00 bits per heavy atom. The Labute approximate surface area is 183 Å². The zero-order valence-electron chi connectivity index (χ0n) is 18.2. The van der Waals surface area contributed by atoms with Gasteiger partial charge in [0.2, 0.25) is 0 Å². The largest absolute Gasteiger partial charge is 0.416 e. The third kappa shape index (κ3) is 4.56. The first-order chi connectivity index (χ1) is 15.0. The van der Waals surface area contributed by atoms with Crippen LogP contribution in [0.2, 0.25) is 0 Å². The highest BCUT2D eigenvalue weighted by atomic mass is 19.4. The number of aryl methyl sites for hydroxylation is 1. The molecular formula is C23H25F3N4O2. The van der Waals surface area contributed by atoms with E-state index >= 15 is 0 Å². The van der Waals surface area contributed by atoms with Crippen LogP contribution in [0, 0.1) is 11.3 Å². The Morgan fingerprint density at radius 1 is 1.25 bits per heavy atom. The lowest BCUT2D eigenvalue weighted by atomic mass is 9.71. The van der Waals surface area contributed by atoms with Crippen molar-refractivity contribution in [2.75, 3.05) is 5.32 Å². The van der Waals surface area contributed by atoms with E-state index in [1.165, 1.54) is 29.2 Å². The number of rotatable bonds is 4. The zero-order valence-corrected chi connectivity index (χ0v) is 18.2. The van der Waals surface area contributed by atoms with Gasteiger partial charge in [0.05, 0.1) is 24.0 Å². The lowest BCUT2D eigenvalue weighted by Crippen LogP contribution is -2.27. The standard InChI is InChI=1S/C23H25F3N4O2/c1-22(2,3)15-8-9-19-17(10-15)20(29-32-19)21(31)28-16-11-27-30(13-16)12-14-6-4-5-7-18(14)23(24,25)26/h4-7,11,13,15H,8-10,12H2,1-3H3,(H,28,31). The Hall–Kier alpha value is -3.10. The molecule has 0 radical (unpaired) electrons. The van der Waals surface area contributed by atoms with Gasteiger partial charge in [-0.1, -0.05) is 44.1 Å². The smallest absolute Gasteiger partial charge is 0.360 e. The van der Waals surface area contributed by atoms with E-state index in [9.17, 15) is 18.0 Å². The molecule has 0 spiro atoms. The summed E-state index contributed by atoms with van der Waals surface area (Å²) in [6.07, 6.45) is 0.900. The Morgan fingerprint density at radius 3 is 2.72 bits per heavy atom. The number of nitrogens with zero attached hydrogens (tertiary/aromatic N) is 3. The number of halogens is 3. The first-order valence-electron chi connectivity index (χ1n) is 10.5. The van der Waals surface area contributed by atoms with Gasteiger partial charge in [-0.05, 0) is 35.8 Å². The summed E-state index contributed by atoms with van der Waals surface area (Å²) >= 11 is 0. The van der Waals surface area contributed by atoms with E-state index in [-0.39, 0.29) is 23.2 Å². The third-order valence-corrected chi connectivity index (χ3v) is 6.03. The molecule has 1 amide bonds. The number of carbonyl (C=O) groups is 1. The molecule has 32 heavy (non-hydrogen) atoms. The second kappa shape index (κ2) is 8.11. The first-order valence-corrected chi connectivity index (χ1v) is 10.5. The second-order valence-electron chi connectivity index (χ2n) is 9.27. The average Bonchev–Trinajstić information content (AvgIpc) is 3.33. The van der Waals surface area contributed by atoms with Crippen LogP contribution in [0.5, 0.6) is 0 Å². The van der Waals surface area contributed by atoms with E-state index in [1.54, 1.807) is 6.07 Å². The molecule has 0 saturated carbocycles. The van der Waals surface area contributed by atoms with Crippen molar-refractivity contribution in [3.05, 3.63) is 64.8 Å². The van der Waals surface area contributed by atoms with Crippen molar-refractivity contribution in [1.29, 1.82) is 0 Å². The summed E-state index contributed by atoms with van der Waals surface area (Å²) in [7, 11) is 0. The third-order valence-electron chi connectivity index (χ3n) is 6.03. The lowest BCUT2D eigenvalue weighted by molar-refractivity contribution is -0.138. The minimum absolute atomic E-state index is 0.0713. The maximum atomic E-state index is 13.2. The van der Waals surface area contributed by atoms with Crippen molar-refractivity contribution in [2.45, 2.75) is 52.8 Å². The molecule has 4 rings (SSSR count). The van der Waals surface area contributed by atoms with Crippen LogP contribution in [0.15, 0.2) is 41.2 Å². The number of hydrogen-bond donors (Lipinski definition) is 1. The SMILES string of the molecule is CC(C)(C)C1CCc2onc(C(=O)Nc3cnn(Cc4ccccc4C(F)(F)F)c3)c2C1. The molecule has 1 aromatic carbocycles. The number of fused-ring (bicyclic) bond motifs is 1. The van der Waals surface area contributed by atoms with Gasteiger partial charge in [0.25, 0.3) is 5.91 Å². The molecule has 0 aliphatic heterocycles. The van der Waals surface area contributed by atoms with E-state index in [1.807, 2.05) is 0 Å². The van der Waals surface area contributed by atoms with Crippen molar-refractivity contribution >= 4 is 11.6 Å². The van der Waals surface area contributed by atoms with Crippen LogP contribution in [-0.4, -0.2) is 20.8 Å². The Bertz CT molecular complexity index is 1120. The van der Waals surface area contributed by atoms with Gasteiger partial charge in [-0.15, -0.1) is 0 Å². The molecular weight excluding hydrogens is 421 g/mol. The number of hydrogen-bond acceptors (Lipinski definition) is 4. The summed E-state index contributed by atoms with van der Waals surface area (Å²) in [4.78, 5) is 12.8. The van der Waals surface area contributed by atoms with Crippen LogP contribution in [-0.2, 0) is 25.6 Å². The molecule has 3 aromatic rings. The number of benzene rings is 1. The first kappa shape index (κ1) is 22.1. The Balaban J connectivity index is 1.48. The van der Waals surface area contributed by atoms with Gasteiger partial charge >= 0.3 is 6.18 Å². The number of carbonyl (C=O) groups excluding carboxylic acids is 1. The van der Waals surface area contributed by atoms with E-state index in [4.69, 9.17) is 4.52 Å². The molecule has 0 bridgehead atoms. The van der Waals surface area contributed by atoms with E-state index in [2.05, 4.69) is 36.3 Å². The number of anilines is 1. The van der Waals surface area contributed by atoms with Crippen LogP contribution >= 0.6 is 0 Å². The quantitative estimate of drug-likeness (QED) is 0.587. The normalized spacial score (nSPS) is 16.6. The number of nitrogens with one attached hydrogen (secondary N) is 1. The molecule has 0 saturated heterocycles. The van der Waals surface area contributed by atoms with E-state index in [0.717, 1.165) is 36.7 Å². The average molecular weight is 446 g/mol. The minimum atomic E-state index is -4.45. The summed E-state index contributed by atoms with van der Waals surface area (Å²) in [5.41, 5.74) is 0.962. The molecule has 1 aliphatic carbocycles. The van der Waals surface area contributed by atoms with Crippen LogP contribution in [0.25, 0.3) is 0 Å². The maximum Gasteiger partial charge on any atom is 0.416 e. The van der Waals surface area contributed by atoms with Crippen molar-refractivity contribution in [3.8, 4) is 0 Å². The summed E-state index contributed by atoms with van der Waals surface area (Å²) in [6, 6.07) is 5.36. The van der Waals surface area contributed by atoms with Gasteiger partial charge < -0.3 is 9.84 Å². The summed E-state index contributed by atoms with van der Waals surface area (Å²) in [5, 5.41) is 10.8. The maximum absolute atomic E-state index is 13.2. The summed E-state index contributed by atoms with van der Waals surface area (Å²) in [5.74, 6) is 0.743. The molecule has 6 nitrogen and oxygen atoms in total. The second-order valence-corrected chi connectivity index (χ2v) is 9.27. The van der Waals surface area contributed by atoms with Crippen LogP contribution in [0.1, 0.15) is 60.1 Å². The van der Waals surface area contributed by atoms with Crippen LogP contribution in [0.4, 0.5) is 18.9 Å². The van der Waals surface area contributed by atoms with Crippen LogP contribution < -0.4 is 5.32 Å². The molecule has 1 unspecified atom stereocenters. The molecule has 1 aliphatic rings. The fraction of sp³-hybridized carbons (Fsp3) is 0.435. The monoisotopic (exact) mass is 446 g/mol. The van der Waals surface area contributed by atoms with E-state index < -0.39 is 17.6 Å². The van der Waals surface area contributed by atoms with Gasteiger partial charge in [0.15, 0.2) is 5.69 Å². The van der Waals surface area contributed by atoms with Crippen molar-refractivity contribution in [2.24, 2.45) is 11.3 Å². The minimum Gasteiger partial charge on any atom is -0.360 e. The summed E-state index contributed by atoms with van der Waals surface area (Å²) < 4.78 is 46.4. The number of aromatic nitrogens is 3. The predicted molar refractivity (Wildman–Crippen MR) is 112 cm³/mol. The van der Waals surface area contributed by atoms with Crippen molar-refractivity contribution < 1.29 is 22.5 Å². The summed E-state index contributed by atoms with van der Waals surface area (Å²) in [6.45, 7) is 6.47. The fourth-order valence-corrected chi connectivity index (χ4v) is 4.14. The predicted octanol–water partition coefficient (Wildman–Crippen LogP) is 5.34. The molecule has 1 atom stereocenters. The van der Waals surface area contributed by atoms with E-state index in [0.29, 0.717) is 11.6 Å². The van der Waals surface area contributed by atoms with Crippen molar-refractivity contribution in [3.63, 3.8) is 0 Å². The van der Waals surface area contributed by atoms with Gasteiger partial charge in [-0.25, -0.2) is 0 Å². The Kier molecular flexibility index (Phi) is 5.60. The fourth-order valence-electron chi connectivity index (χ4n) is 4.14. The highest BCUT2D eigenvalue weighted by Gasteiger charge is 2.35. The zero-order chi connectivity index (χ0) is 23.1. The molecule has 9 heteroatoms. The van der Waals surface area contributed by atoms with Gasteiger partial charge in [-0.2, -0.15) is 18.3 Å². The molecule has 0 fully saturated rings. The van der Waals surface area contributed by atoms with Gasteiger partial charge in [0.1, 0.15) is 5.76 Å². The molecule has 2 heterocycles. The highest BCUT2D eigenvalue weighted by Crippen LogP contribution is 2.38. The topological polar surface area (TPSA) is 73.0 Å². The number of amides is 1. The molecule has 2 aromatic heterocycles. The van der Waals surface area contributed by atoms with Crippen molar-refractivity contribution in [1.82, 2.24) is 14.9 Å².